The molecule has 2 rings (SSSR count). The van der Waals surface area contributed by atoms with E-state index in [2.05, 4.69) is 14.8 Å². The van der Waals surface area contributed by atoms with Gasteiger partial charge >= 0.3 is 0 Å². The quantitative estimate of drug-likeness (QED) is 0.738. The van der Waals surface area contributed by atoms with Gasteiger partial charge in [0.2, 0.25) is 0 Å². The minimum Gasteiger partial charge on any atom is -0.354 e. The van der Waals surface area contributed by atoms with E-state index in [-0.39, 0.29) is 5.78 Å². The smallest absolute Gasteiger partial charge is 0.151 e. The Balaban J connectivity index is 1.88. The zero-order valence-corrected chi connectivity index (χ0v) is 9.17. The molecule has 16 heavy (non-hydrogen) atoms. The van der Waals surface area contributed by atoms with Crippen LogP contribution in [0.1, 0.15) is 0 Å². The topological polar surface area (TPSA) is 36.4 Å². The lowest BCUT2D eigenvalue weighted by Crippen LogP contribution is -2.48. The van der Waals surface area contributed by atoms with Gasteiger partial charge in [0.1, 0.15) is 5.82 Å². The van der Waals surface area contributed by atoms with Crippen LogP contribution in [-0.2, 0) is 4.79 Å². The number of anilines is 1. The van der Waals surface area contributed by atoms with Crippen LogP contribution >= 0.6 is 0 Å². The fraction of sp³-hybridized carbons (Fsp3) is 0.417. The Kier molecular flexibility index (Phi) is 3.51. The molecule has 1 aromatic rings. The summed E-state index contributed by atoms with van der Waals surface area (Å²) in [5, 5.41) is 0. The van der Waals surface area contributed by atoms with Crippen molar-refractivity contribution >= 4 is 11.6 Å². The SMILES string of the molecule is [CH]C(=O)CN1CCN(c2ccccn2)CC1. The van der Waals surface area contributed by atoms with Gasteiger partial charge in [-0.1, -0.05) is 6.07 Å². The lowest BCUT2D eigenvalue weighted by molar-refractivity contribution is -0.116. The van der Waals surface area contributed by atoms with Crippen LogP contribution in [0.2, 0.25) is 0 Å². The molecular formula is C12H15N3O. The summed E-state index contributed by atoms with van der Waals surface area (Å²) in [5.74, 6) is 0.743. The van der Waals surface area contributed by atoms with Gasteiger partial charge in [0, 0.05) is 39.3 Å². The van der Waals surface area contributed by atoms with Crippen LogP contribution in [0.25, 0.3) is 0 Å². The van der Waals surface area contributed by atoms with E-state index in [1.54, 1.807) is 6.20 Å². The third-order valence-electron chi connectivity index (χ3n) is 2.73. The van der Waals surface area contributed by atoms with Crippen LogP contribution in [0.15, 0.2) is 24.4 Å². The molecule has 0 atom stereocenters. The number of pyridine rings is 1. The highest BCUT2D eigenvalue weighted by atomic mass is 16.1. The molecule has 1 aliphatic rings. The Hall–Kier alpha value is -1.42. The zero-order chi connectivity index (χ0) is 11.4. The number of hydrogen-bond donors (Lipinski definition) is 0. The number of piperazine rings is 1. The molecule has 0 aromatic carbocycles. The van der Waals surface area contributed by atoms with Gasteiger partial charge in [0.25, 0.3) is 0 Å². The van der Waals surface area contributed by atoms with Gasteiger partial charge < -0.3 is 4.90 Å². The summed E-state index contributed by atoms with van der Waals surface area (Å²) in [5.41, 5.74) is 0. The van der Waals surface area contributed by atoms with E-state index < -0.39 is 0 Å². The molecule has 0 unspecified atom stereocenters. The number of aromatic nitrogens is 1. The van der Waals surface area contributed by atoms with Gasteiger partial charge in [0.15, 0.2) is 5.78 Å². The Bertz CT molecular complexity index is 345. The first-order valence-corrected chi connectivity index (χ1v) is 5.42. The lowest BCUT2D eigenvalue weighted by atomic mass is 10.3. The maximum absolute atomic E-state index is 10.8. The van der Waals surface area contributed by atoms with Crippen molar-refractivity contribution in [1.82, 2.24) is 9.88 Å². The molecule has 0 amide bonds. The number of carbonyl (C=O) groups excluding carboxylic acids is 1. The molecule has 1 saturated heterocycles. The summed E-state index contributed by atoms with van der Waals surface area (Å²) in [7, 11) is 0. The van der Waals surface area contributed by atoms with Crippen LogP contribution in [0.5, 0.6) is 0 Å². The van der Waals surface area contributed by atoms with Crippen molar-refractivity contribution < 1.29 is 4.79 Å². The third-order valence-corrected chi connectivity index (χ3v) is 2.73. The number of nitrogens with zero attached hydrogens (tertiary/aromatic N) is 3. The van der Waals surface area contributed by atoms with E-state index >= 15 is 0 Å². The molecule has 4 nitrogen and oxygen atoms in total. The normalized spacial score (nSPS) is 17.4. The number of carbonyl (C=O) groups is 1. The van der Waals surface area contributed by atoms with Gasteiger partial charge in [0.05, 0.1) is 6.54 Å². The summed E-state index contributed by atoms with van der Waals surface area (Å²) < 4.78 is 0. The van der Waals surface area contributed by atoms with Crippen molar-refractivity contribution in [1.29, 1.82) is 0 Å². The van der Waals surface area contributed by atoms with Crippen molar-refractivity contribution in [3.05, 3.63) is 31.3 Å². The highest BCUT2D eigenvalue weighted by molar-refractivity contribution is 5.84. The molecule has 0 bridgehead atoms. The van der Waals surface area contributed by atoms with Crippen LogP contribution in [0.4, 0.5) is 5.82 Å². The van der Waals surface area contributed by atoms with Gasteiger partial charge in [-0.15, -0.1) is 0 Å². The monoisotopic (exact) mass is 217 g/mol. The molecule has 0 N–H and O–H groups in total. The third kappa shape index (κ3) is 2.79. The highest BCUT2D eigenvalue weighted by Gasteiger charge is 2.18. The van der Waals surface area contributed by atoms with E-state index in [1.165, 1.54) is 0 Å². The van der Waals surface area contributed by atoms with Crippen molar-refractivity contribution in [3.63, 3.8) is 0 Å². The van der Waals surface area contributed by atoms with E-state index in [0.717, 1.165) is 32.0 Å². The molecule has 0 spiro atoms. The Morgan fingerprint density at radius 2 is 2.06 bits per heavy atom. The second kappa shape index (κ2) is 5.07. The molecule has 84 valence electrons. The molecule has 4 heteroatoms. The summed E-state index contributed by atoms with van der Waals surface area (Å²) >= 11 is 0. The molecule has 1 aliphatic heterocycles. The average Bonchev–Trinajstić information content (AvgIpc) is 2.30. The van der Waals surface area contributed by atoms with E-state index in [4.69, 9.17) is 6.92 Å². The average molecular weight is 217 g/mol. The maximum atomic E-state index is 10.8. The van der Waals surface area contributed by atoms with Gasteiger partial charge in [-0.25, -0.2) is 4.98 Å². The predicted octanol–water partition coefficient (Wildman–Crippen LogP) is 0.484. The van der Waals surface area contributed by atoms with Gasteiger partial charge in [-0.3, -0.25) is 9.69 Å². The highest BCUT2D eigenvalue weighted by Crippen LogP contribution is 2.11. The minimum absolute atomic E-state index is 0.258. The van der Waals surface area contributed by atoms with Crippen molar-refractivity contribution in [3.8, 4) is 0 Å². The lowest BCUT2D eigenvalue weighted by Gasteiger charge is -2.34. The Morgan fingerprint density at radius 1 is 1.31 bits per heavy atom. The minimum atomic E-state index is -0.258. The maximum Gasteiger partial charge on any atom is 0.151 e. The molecule has 1 aromatic heterocycles. The first kappa shape index (κ1) is 11.1. The first-order chi connectivity index (χ1) is 7.75. The van der Waals surface area contributed by atoms with E-state index in [0.29, 0.717) is 6.54 Å². The fourth-order valence-corrected chi connectivity index (χ4v) is 1.90. The Labute approximate surface area is 95.9 Å². The summed E-state index contributed by atoms with van der Waals surface area (Å²) in [6, 6.07) is 5.90. The van der Waals surface area contributed by atoms with Crippen LogP contribution in [-0.4, -0.2) is 48.4 Å². The molecule has 0 aliphatic carbocycles. The van der Waals surface area contributed by atoms with Crippen molar-refractivity contribution in [2.45, 2.75) is 0 Å². The molecule has 1 fully saturated rings. The van der Waals surface area contributed by atoms with Crippen molar-refractivity contribution in [2.24, 2.45) is 0 Å². The zero-order valence-electron chi connectivity index (χ0n) is 9.17. The summed E-state index contributed by atoms with van der Waals surface area (Å²) in [6.45, 7) is 9.03. The second-order valence-electron chi connectivity index (χ2n) is 3.92. The number of rotatable bonds is 3. The van der Waals surface area contributed by atoms with E-state index in [1.807, 2.05) is 18.2 Å². The summed E-state index contributed by atoms with van der Waals surface area (Å²) in [4.78, 5) is 19.4. The van der Waals surface area contributed by atoms with Crippen LogP contribution in [0.3, 0.4) is 0 Å². The van der Waals surface area contributed by atoms with Gasteiger partial charge in [-0.05, 0) is 12.1 Å². The second-order valence-corrected chi connectivity index (χ2v) is 3.92. The standard InChI is InChI=1S/C12H15N3O/c1-11(16)10-14-6-8-15(9-7-14)12-4-2-3-5-13-12/h1-5H,6-10H2. The number of ketones is 1. The number of Topliss-reactive ketones (excluding diaryl/α,β-unsaturated/α-hetero) is 1. The fourth-order valence-electron chi connectivity index (χ4n) is 1.90. The Morgan fingerprint density at radius 3 is 2.62 bits per heavy atom. The van der Waals surface area contributed by atoms with E-state index in [9.17, 15) is 4.79 Å². The molecule has 2 heterocycles. The first-order valence-electron chi connectivity index (χ1n) is 5.42. The number of hydrogen-bond acceptors (Lipinski definition) is 4. The van der Waals surface area contributed by atoms with Crippen LogP contribution in [0, 0.1) is 6.92 Å². The largest absolute Gasteiger partial charge is 0.354 e. The van der Waals surface area contributed by atoms with Crippen LogP contribution < -0.4 is 4.90 Å². The van der Waals surface area contributed by atoms with Gasteiger partial charge in [-0.2, -0.15) is 0 Å². The summed E-state index contributed by atoms with van der Waals surface area (Å²) in [6.07, 6.45) is 1.80. The molecule has 0 saturated carbocycles. The predicted molar refractivity (Wildman–Crippen MR) is 62.2 cm³/mol. The molecule has 2 radical (unpaired) electrons. The van der Waals surface area contributed by atoms with Crippen molar-refractivity contribution in [2.75, 3.05) is 37.6 Å². The molecular weight excluding hydrogens is 202 g/mol.